The van der Waals surface area contributed by atoms with Crippen molar-refractivity contribution in [3.05, 3.63) is 12.7 Å². The molecule has 0 heterocycles. The Hall–Kier alpha value is -1.03. The lowest BCUT2D eigenvalue weighted by Gasteiger charge is -2.09. The van der Waals surface area contributed by atoms with Gasteiger partial charge in [-0.15, -0.1) is 0 Å². The summed E-state index contributed by atoms with van der Waals surface area (Å²) in [6.07, 6.45) is 0.234. The van der Waals surface area contributed by atoms with Gasteiger partial charge in [0.2, 0.25) is 0 Å². The number of esters is 1. The monoisotopic (exact) mass is 310 g/mol. The van der Waals surface area contributed by atoms with E-state index in [9.17, 15) is 4.79 Å². The van der Waals surface area contributed by atoms with Crippen LogP contribution in [0.15, 0.2) is 12.7 Å². The average molecular weight is 310 g/mol. The second-order valence-electron chi connectivity index (χ2n) is 3.44. The summed E-state index contributed by atoms with van der Waals surface area (Å²) in [5.41, 5.74) is 0. The van der Waals surface area contributed by atoms with Crippen LogP contribution in [0, 0.1) is 0 Å². The van der Waals surface area contributed by atoms with E-state index >= 15 is 0 Å². The first-order valence-corrected chi connectivity index (χ1v) is 6.37. The number of aliphatic hydroxyl groups is 2. The molecule has 126 valence electrons. The van der Waals surface area contributed by atoms with Crippen LogP contribution in [0.2, 0.25) is 0 Å². The Kier molecular flexibility index (Phi) is 20.1. The molecule has 0 saturated heterocycles. The van der Waals surface area contributed by atoms with Gasteiger partial charge >= 0.3 is 5.97 Å². The molecule has 0 aromatic heterocycles. The summed E-state index contributed by atoms with van der Waals surface area (Å²) in [6.45, 7) is 5.43. The van der Waals surface area contributed by atoms with Crippen molar-refractivity contribution in [3.8, 4) is 0 Å². The van der Waals surface area contributed by atoms with Gasteiger partial charge in [-0.05, 0) is 0 Å². The number of hydrogen-bond acceptors (Lipinski definition) is 8. The number of methoxy groups -OCH3 is 2. The highest BCUT2D eigenvalue weighted by atomic mass is 16.6. The molecule has 0 aromatic rings. The molecule has 0 radical (unpaired) electrons. The molecule has 0 bridgehead atoms. The molecule has 2 N–H and O–H groups in total. The van der Waals surface area contributed by atoms with Gasteiger partial charge in [0.15, 0.2) is 6.29 Å². The third-order valence-corrected chi connectivity index (χ3v) is 1.88. The summed E-state index contributed by atoms with van der Waals surface area (Å²) < 4.78 is 23.9. The van der Waals surface area contributed by atoms with Gasteiger partial charge in [0, 0.05) is 13.2 Å². The van der Waals surface area contributed by atoms with E-state index in [0.717, 1.165) is 6.08 Å². The Morgan fingerprint density at radius 1 is 1.10 bits per heavy atom. The van der Waals surface area contributed by atoms with Crippen LogP contribution in [0.1, 0.15) is 0 Å². The molecule has 0 aliphatic rings. The summed E-state index contributed by atoms with van der Waals surface area (Å²) in [7, 11) is 2.72. The van der Waals surface area contributed by atoms with Crippen LogP contribution < -0.4 is 0 Å². The fraction of sp³-hybridized carbons (Fsp3) is 0.769. The first-order valence-electron chi connectivity index (χ1n) is 6.37. The van der Waals surface area contributed by atoms with Crippen molar-refractivity contribution < 1.29 is 38.7 Å². The Morgan fingerprint density at radius 2 is 1.62 bits per heavy atom. The van der Waals surface area contributed by atoms with E-state index < -0.39 is 12.3 Å². The van der Waals surface area contributed by atoms with Gasteiger partial charge < -0.3 is 33.9 Å². The van der Waals surface area contributed by atoms with Gasteiger partial charge in [-0.2, -0.15) is 0 Å². The van der Waals surface area contributed by atoms with Crippen LogP contribution in [0.4, 0.5) is 0 Å². The van der Waals surface area contributed by atoms with Crippen LogP contribution in [0.5, 0.6) is 0 Å². The first kappa shape index (κ1) is 22.3. The van der Waals surface area contributed by atoms with Crippen molar-refractivity contribution in [2.75, 3.05) is 60.5 Å². The lowest BCUT2D eigenvalue weighted by molar-refractivity contribution is -0.134. The van der Waals surface area contributed by atoms with Crippen LogP contribution in [0.25, 0.3) is 0 Å². The van der Waals surface area contributed by atoms with Crippen molar-refractivity contribution in [1.29, 1.82) is 0 Å². The van der Waals surface area contributed by atoms with Gasteiger partial charge in [0.1, 0.15) is 0 Å². The molecule has 0 aromatic carbocycles. The van der Waals surface area contributed by atoms with Crippen molar-refractivity contribution >= 4 is 5.97 Å². The number of hydrogen-bond donors (Lipinski definition) is 2. The second-order valence-corrected chi connectivity index (χ2v) is 3.44. The third-order valence-electron chi connectivity index (χ3n) is 1.88. The minimum absolute atomic E-state index is 0.0258. The fourth-order valence-electron chi connectivity index (χ4n) is 0.840. The normalized spacial score (nSPS) is 11.2. The molecule has 1 atom stereocenters. The van der Waals surface area contributed by atoms with Crippen LogP contribution in [0.3, 0.4) is 0 Å². The molecule has 0 aliphatic carbocycles. The summed E-state index contributed by atoms with van der Waals surface area (Å²) >= 11 is 0. The molecule has 8 heteroatoms. The van der Waals surface area contributed by atoms with Crippen LogP contribution in [-0.4, -0.2) is 82.9 Å². The second kappa shape index (κ2) is 19.0. The highest BCUT2D eigenvalue weighted by Gasteiger charge is 1.99. The summed E-state index contributed by atoms with van der Waals surface area (Å²) in [5, 5.41) is 17.3. The molecule has 0 rings (SSSR count). The van der Waals surface area contributed by atoms with E-state index in [1.165, 1.54) is 14.2 Å². The Labute approximate surface area is 125 Å². The van der Waals surface area contributed by atoms with Crippen molar-refractivity contribution in [2.45, 2.75) is 6.29 Å². The van der Waals surface area contributed by atoms with Gasteiger partial charge in [0.05, 0.1) is 53.4 Å². The molecule has 0 saturated carbocycles. The molecule has 1 unspecified atom stereocenters. The Bertz CT molecular complexity index is 234. The minimum Gasteiger partial charge on any atom is -0.466 e. The molecule has 0 spiro atoms. The average Bonchev–Trinajstić information content (AvgIpc) is 2.52. The summed E-state index contributed by atoms with van der Waals surface area (Å²) in [6, 6.07) is 0. The standard InChI is InChI=1S/C9H20O6.C4H6O2/c1-12-9(11)8-15-7-6-14-5-4-13-3-2-10;1-3-4(5)6-2/h9-11H,2-8H2,1H3;3H,1H2,2H3. The zero-order chi connectivity index (χ0) is 16.3. The highest BCUT2D eigenvalue weighted by Crippen LogP contribution is 1.86. The predicted molar refractivity (Wildman–Crippen MR) is 74.8 cm³/mol. The van der Waals surface area contributed by atoms with Gasteiger partial charge in [0.25, 0.3) is 0 Å². The van der Waals surface area contributed by atoms with Crippen LogP contribution >= 0.6 is 0 Å². The Balaban J connectivity index is 0. The van der Waals surface area contributed by atoms with E-state index in [2.05, 4.69) is 16.1 Å². The number of carbonyl (C=O) groups is 1. The van der Waals surface area contributed by atoms with E-state index in [-0.39, 0.29) is 13.2 Å². The summed E-state index contributed by atoms with van der Waals surface area (Å²) in [5.74, 6) is -0.394. The molecular weight excluding hydrogens is 284 g/mol. The van der Waals surface area contributed by atoms with Gasteiger partial charge in [-0.1, -0.05) is 6.58 Å². The molecular formula is C13H26O8. The molecule has 0 aliphatic heterocycles. The van der Waals surface area contributed by atoms with E-state index in [0.29, 0.717) is 33.0 Å². The minimum atomic E-state index is -0.877. The zero-order valence-corrected chi connectivity index (χ0v) is 12.7. The zero-order valence-electron chi connectivity index (χ0n) is 12.7. The fourth-order valence-corrected chi connectivity index (χ4v) is 0.840. The van der Waals surface area contributed by atoms with Crippen molar-refractivity contribution in [3.63, 3.8) is 0 Å². The largest absolute Gasteiger partial charge is 0.466 e. The van der Waals surface area contributed by atoms with E-state index in [1.54, 1.807) is 0 Å². The smallest absolute Gasteiger partial charge is 0.329 e. The maximum Gasteiger partial charge on any atom is 0.329 e. The maximum absolute atomic E-state index is 9.84. The molecule has 21 heavy (non-hydrogen) atoms. The van der Waals surface area contributed by atoms with Crippen molar-refractivity contribution in [1.82, 2.24) is 0 Å². The lowest BCUT2D eigenvalue weighted by atomic mass is 10.6. The number of ether oxygens (including phenoxy) is 5. The Morgan fingerprint density at radius 3 is 2.00 bits per heavy atom. The van der Waals surface area contributed by atoms with E-state index in [4.69, 9.17) is 24.4 Å². The van der Waals surface area contributed by atoms with Gasteiger partial charge in [-0.3, -0.25) is 0 Å². The number of carbonyl (C=O) groups excluding carboxylic acids is 1. The van der Waals surface area contributed by atoms with E-state index in [1.807, 2.05) is 0 Å². The van der Waals surface area contributed by atoms with Crippen molar-refractivity contribution in [2.24, 2.45) is 0 Å². The first-order chi connectivity index (χ1) is 10.1. The van der Waals surface area contributed by atoms with Crippen LogP contribution in [-0.2, 0) is 28.5 Å². The predicted octanol–water partition coefficient (Wildman–Crippen LogP) is -0.661. The highest BCUT2D eigenvalue weighted by molar-refractivity contribution is 5.80. The quantitative estimate of drug-likeness (QED) is 0.212. The maximum atomic E-state index is 9.84. The molecule has 0 fully saturated rings. The molecule has 0 amide bonds. The summed E-state index contributed by atoms with van der Waals surface area (Å²) in [4.78, 5) is 9.84. The molecule has 8 nitrogen and oxygen atoms in total. The topological polar surface area (TPSA) is 104 Å². The third kappa shape index (κ3) is 21.4. The number of rotatable bonds is 12. The number of aliphatic hydroxyl groups excluding tert-OH is 2. The lowest BCUT2D eigenvalue weighted by Crippen LogP contribution is -2.19. The van der Waals surface area contributed by atoms with Gasteiger partial charge in [-0.25, -0.2) is 4.79 Å². The SMILES string of the molecule is C=CC(=O)OC.COC(O)COCCOCCOCCO.